The highest BCUT2D eigenvalue weighted by Gasteiger charge is 2.63. The largest absolute Gasteiger partial charge is 0.503 e. The van der Waals surface area contributed by atoms with E-state index in [1.54, 1.807) is 4.90 Å². The number of aromatic nitrogens is 1. The molecule has 2 saturated carbocycles. The minimum Gasteiger partial charge on any atom is -0.503 e. The number of nitrogens with zero attached hydrogens (tertiary/aromatic N) is 2. The van der Waals surface area contributed by atoms with E-state index >= 15 is 0 Å². The number of benzene rings is 1. The maximum absolute atomic E-state index is 13.8. The van der Waals surface area contributed by atoms with Crippen LogP contribution in [0.15, 0.2) is 23.1 Å². The average molecular weight is 461 g/mol. The minimum atomic E-state index is -1.19. The predicted octanol–water partition coefficient (Wildman–Crippen LogP) is 1.49. The molecule has 2 bridgehead atoms. The number of carbonyl (C=O) groups excluding carboxylic acids is 2. The van der Waals surface area contributed by atoms with Crippen LogP contribution in [0.25, 0.3) is 0 Å². The molecule has 1 aromatic heterocycles. The van der Waals surface area contributed by atoms with Gasteiger partial charge in [0, 0.05) is 36.5 Å². The molecule has 0 spiro atoms. The molecule has 2 aliphatic carbocycles. The third-order valence-electron chi connectivity index (χ3n) is 7.16. The number of halogens is 3. The lowest BCUT2D eigenvalue weighted by molar-refractivity contribution is -0.144. The number of carbonyl (C=O) groups is 2. The smallest absolute Gasteiger partial charge is 0.276 e. The van der Waals surface area contributed by atoms with Crippen molar-refractivity contribution >= 4 is 11.8 Å². The van der Waals surface area contributed by atoms with Gasteiger partial charge < -0.3 is 24.6 Å². The lowest BCUT2D eigenvalue weighted by Gasteiger charge is -2.45. The molecular formula is C22H18F3N3O5. The molecule has 6 rings (SSSR count). The predicted molar refractivity (Wildman–Crippen MR) is 105 cm³/mol. The molecule has 3 heterocycles. The first kappa shape index (κ1) is 20.3. The van der Waals surface area contributed by atoms with Crippen molar-refractivity contribution in [3.8, 4) is 5.75 Å². The highest BCUT2D eigenvalue weighted by Crippen LogP contribution is 2.58. The number of nitrogens with one attached hydrogen (secondary N) is 1. The highest BCUT2D eigenvalue weighted by atomic mass is 19.1. The minimum absolute atomic E-state index is 0.0120. The first-order valence-corrected chi connectivity index (χ1v) is 10.6. The molecule has 172 valence electrons. The van der Waals surface area contributed by atoms with Crippen molar-refractivity contribution in [3.63, 3.8) is 0 Å². The van der Waals surface area contributed by atoms with Crippen molar-refractivity contribution in [1.82, 2.24) is 14.8 Å². The fraction of sp³-hybridized carbons (Fsp3) is 0.409. The molecule has 0 radical (unpaired) electrons. The molecule has 1 saturated heterocycles. The summed E-state index contributed by atoms with van der Waals surface area (Å²) in [6.07, 6.45) is 2.38. The molecule has 2 aliphatic heterocycles. The van der Waals surface area contributed by atoms with Crippen molar-refractivity contribution < 1.29 is 32.6 Å². The van der Waals surface area contributed by atoms with E-state index < -0.39 is 64.3 Å². The molecule has 2 amide bonds. The molecule has 2 aromatic rings. The Balaban J connectivity index is 1.30. The van der Waals surface area contributed by atoms with Gasteiger partial charge in [-0.2, -0.15) is 0 Å². The monoisotopic (exact) mass is 461 g/mol. The quantitative estimate of drug-likeness (QED) is 0.722. The molecule has 3 fully saturated rings. The van der Waals surface area contributed by atoms with Gasteiger partial charge in [-0.15, -0.1) is 0 Å². The van der Waals surface area contributed by atoms with Crippen LogP contribution < -0.4 is 10.7 Å². The Bertz CT molecular complexity index is 1270. The summed E-state index contributed by atoms with van der Waals surface area (Å²) in [7, 11) is 0. The number of hydrogen-bond donors (Lipinski definition) is 2. The number of pyridine rings is 1. The zero-order valence-corrected chi connectivity index (χ0v) is 17.1. The summed E-state index contributed by atoms with van der Waals surface area (Å²) in [5.74, 6) is -5.07. The summed E-state index contributed by atoms with van der Waals surface area (Å²) >= 11 is 0. The SMILES string of the molecule is O=C(NCc1c(F)cc(F)cc1F)c1cn2c(c(O)c1=O)C(=O)N1C(C2)OC2CC1[C@H]1C[C@@H]21. The molecule has 3 unspecified atom stereocenters. The molecule has 33 heavy (non-hydrogen) atoms. The van der Waals surface area contributed by atoms with Crippen LogP contribution in [0.1, 0.15) is 39.3 Å². The number of aromatic hydroxyl groups is 1. The van der Waals surface area contributed by atoms with E-state index in [0.717, 1.165) is 19.0 Å². The van der Waals surface area contributed by atoms with Gasteiger partial charge in [0.05, 0.1) is 12.6 Å². The average Bonchev–Trinajstić information content (AvgIpc) is 3.50. The van der Waals surface area contributed by atoms with Gasteiger partial charge in [-0.1, -0.05) is 0 Å². The number of amides is 2. The van der Waals surface area contributed by atoms with Gasteiger partial charge in [0.2, 0.25) is 5.43 Å². The second-order valence-corrected chi connectivity index (χ2v) is 8.96. The Morgan fingerprint density at radius 3 is 2.61 bits per heavy atom. The van der Waals surface area contributed by atoms with Crippen molar-refractivity contribution in [2.45, 2.75) is 44.3 Å². The fourth-order valence-electron chi connectivity index (χ4n) is 5.54. The van der Waals surface area contributed by atoms with Crippen molar-refractivity contribution in [3.05, 3.63) is 62.8 Å². The number of fused-ring (bicyclic) bond motifs is 8. The van der Waals surface area contributed by atoms with Crippen molar-refractivity contribution in [2.24, 2.45) is 11.8 Å². The van der Waals surface area contributed by atoms with E-state index in [1.165, 1.54) is 4.57 Å². The maximum atomic E-state index is 13.8. The summed E-state index contributed by atoms with van der Waals surface area (Å²) in [6.45, 7) is -0.522. The molecule has 4 aliphatic rings. The molecular weight excluding hydrogens is 443 g/mol. The van der Waals surface area contributed by atoms with Crippen LogP contribution in [0.4, 0.5) is 13.2 Å². The summed E-state index contributed by atoms with van der Waals surface area (Å²) in [4.78, 5) is 40.1. The highest BCUT2D eigenvalue weighted by molar-refractivity contribution is 5.99. The Morgan fingerprint density at radius 2 is 1.88 bits per heavy atom. The number of rotatable bonds is 3. The lowest BCUT2D eigenvalue weighted by Crippen LogP contribution is -2.58. The van der Waals surface area contributed by atoms with Crippen LogP contribution in [0.3, 0.4) is 0 Å². The molecule has 1 aromatic carbocycles. The zero-order valence-electron chi connectivity index (χ0n) is 17.1. The standard InChI is InChI=1S/C22H18F3N3O5/c23-8-1-13(24)11(14(25)2-8)5-26-21(31)12-6-27-7-17-28(22(32)18(27)20(30)19(12)29)15-4-16(33-17)10-3-9(10)15/h1-2,6,9-10,15-17,30H,3-5,7H2,(H,26,31)/t9-,10+,15?,16?,17?/m0/s1. The van der Waals surface area contributed by atoms with E-state index in [0.29, 0.717) is 24.0 Å². The second-order valence-electron chi connectivity index (χ2n) is 8.96. The fourth-order valence-corrected chi connectivity index (χ4v) is 5.54. The van der Waals surface area contributed by atoms with Crippen molar-refractivity contribution in [2.75, 3.05) is 0 Å². The third-order valence-corrected chi connectivity index (χ3v) is 7.16. The van der Waals surface area contributed by atoms with E-state index in [2.05, 4.69) is 5.32 Å². The lowest BCUT2D eigenvalue weighted by atomic mass is 10.0. The van der Waals surface area contributed by atoms with Gasteiger partial charge in [-0.3, -0.25) is 14.4 Å². The van der Waals surface area contributed by atoms with Gasteiger partial charge in [0.15, 0.2) is 17.7 Å². The summed E-state index contributed by atoms with van der Waals surface area (Å²) < 4.78 is 48.1. The van der Waals surface area contributed by atoms with Gasteiger partial charge >= 0.3 is 0 Å². The van der Waals surface area contributed by atoms with E-state index in [4.69, 9.17) is 4.74 Å². The van der Waals surface area contributed by atoms with Crippen LogP contribution in [0.5, 0.6) is 5.75 Å². The first-order valence-electron chi connectivity index (χ1n) is 10.6. The molecule has 5 atom stereocenters. The Kier molecular flexibility index (Phi) is 4.20. The van der Waals surface area contributed by atoms with Gasteiger partial charge in [0.25, 0.3) is 11.8 Å². The molecule has 11 heteroatoms. The van der Waals surface area contributed by atoms with Crippen molar-refractivity contribution in [1.29, 1.82) is 0 Å². The number of ether oxygens (including phenoxy) is 1. The summed E-state index contributed by atoms with van der Waals surface area (Å²) in [5.41, 5.74) is -2.36. The third kappa shape index (κ3) is 2.91. The van der Waals surface area contributed by atoms with Crippen LogP contribution >= 0.6 is 0 Å². The molecule has 2 N–H and O–H groups in total. The van der Waals surface area contributed by atoms with Gasteiger partial charge in [0.1, 0.15) is 23.0 Å². The van der Waals surface area contributed by atoms with Gasteiger partial charge in [-0.25, -0.2) is 13.2 Å². The molecule has 8 nitrogen and oxygen atoms in total. The maximum Gasteiger partial charge on any atom is 0.276 e. The second kappa shape index (κ2) is 6.83. The number of hydrogen-bond acceptors (Lipinski definition) is 5. The summed E-state index contributed by atoms with van der Waals surface area (Å²) in [6, 6.07) is 0.962. The Hall–Kier alpha value is -3.34. The first-order chi connectivity index (χ1) is 15.7. The van der Waals surface area contributed by atoms with E-state index in [1.807, 2.05) is 0 Å². The van der Waals surface area contributed by atoms with E-state index in [-0.39, 0.29) is 24.4 Å². The van der Waals surface area contributed by atoms with Gasteiger partial charge in [-0.05, 0) is 24.7 Å². The topological polar surface area (TPSA) is 101 Å². The van der Waals surface area contributed by atoms with Crippen LogP contribution in [-0.2, 0) is 17.8 Å². The van der Waals surface area contributed by atoms with E-state index in [9.17, 15) is 32.7 Å². The van der Waals surface area contributed by atoms with Crippen LogP contribution in [-0.4, -0.2) is 44.8 Å². The summed E-state index contributed by atoms with van der Waals surface area (Å²) in [5, 5.41) is 12.7. The Morgan fingerprint density at radius 1 is 1.15 bits per heavy atom. The van der Waals surface area contributed by atoms with Crippen LogP contribution in [0, 0.1) is 29.3 Å². The normalized spacial score (nSPS) is 28.8. The van der Waals surface area contributed by atoms with Crippen LogP contribution in [0.2, 0.25) is 0 Å². The zero-order chi connectivity index (χ0) is 23.2. The Labute approximate surface area is 184 Å².